The van der Waals surface area contributed by atoms with Crippen molar-refractivity contribution in [2.45, 2.75) is 31.9 Å². The molecule has 1 unspecified atom stereocenters. The van der Waals surface area contributed by atoms with Gasteiger partial charge in [0.2, 0.25) is 0 Å². The molecule has 1 saturated heterocycles. The molecule has 3 rings (SSSR count). The van der Waals surface area contributed by atoms with Crippen LogP contribution in [-0.4, -0.2) is 30.8 Å². The first-order valence-corrected chi connectivity index (χ1v) is 6.50. The number of para-hydroxylation sites is 1. The predicted octanol–water partition coefficient (Wildman–Crippen LogP) is 2.00. The Morgan fingerprint density at radius 3 is 3.00 bits per heavy atom. The predicted molar refractivity (Wildman–Crippen MR) is 72.6 cm³/mol. The van der Waals surface area contributed by atoms with E-state index in [1.165, 1.54) is 0 Å². The van der Waals surface area contributed by atoms with E-state index in [4.69, 9.17) is 9.47 Å². The van der Waals surface area contributed by atoms with Crippen LogP contribution in [0.25, 0.3) is 0 Å². The normalized spacial score (nSPS) is 24.3. The van der Waals surface area contributed by atoms with Crippen LogP contribution in [0.1, 0.15) is 20.3 Å². The molecule has 0 spiro atoms. The van der Waals surface area contributed by atoms with Crippen LogP contribution < -0.4 is 15.4 Å². The molecule has 2 aliphatic heterocycles. The monoisotopic (exact) mass is 262 g/mol. The van der Waals surface area contributed by atoms with Crippen LogP contribution in [0.4, 0.5) is 11.4 Å². The molecular weight excluding hydrogens is 244 g/mol. The number of benzene rings is 1. The maximum Gasteiger partial charge on any atom is 0.262 e. The minimum Gasteiger partial charge on any atom is -0.479 e. The van der Waals surface area contributed by atoms with Crippen LogP contribution in [-0.2, 0) is 9.53 Å². The van der Waals surface area contributed by atoms with Gasteiger partial charge in [0.15, 0.2) is 12.4 Å². The lowest BCUT2D eigenvalue weighted by molar-refractivity contribution is -0.118. The number of rotatable bonds is 2. The Bertz CT molecular complexity index is 513. The van der Waals surface area contributed by atoms with E-state index in [2.05, 4.69) is 24.5 Å². The molecule has 1 atom stereocenters. The van der Waals surface area contributed by atoms with Crippen LogP contribution in [0, 0.1) is 0 Å². The van der Waals surface area contributed by atoms with Gasteiger partial charge in [0.1, 0.15) is 0 Å². The van der Waals surface area contributed by atoms with Crippen molar-refractivity contribution in [3.05, 3.63) is 18.2 Å². The Labute approximate surface area is 112 Å². The van der Waals surface area contributed by atoms with Crippen LogP contribution in [0.2, 0.25) is 0 Å². The number of ether oxygens (including phenoxy) is 2. The van der Waals surface area contributed by atoms with Gasteiger partial charge >= 0.3 is 0 Å². The lowest BCUT2D eigenvalue weighted by atomic mass is 10.0. The Balaban J connectivity index is 1.79. The van der Waals surface area contributed by atoms with Crippen molar-refractivity contribution in [3.8, 4) is 5.75 Å². The number of hydrogen-bond acceptors (Lipinski definition) is 4. The van der Waals surface area contributed by atoms with Gasteiger partial charge in [-0.2, -0.15) is 0 Å². The van der Waals surface area contributed by atoms with Gasteiger partial charge in [-0.1, -0.05) is 6.07 Å². The summed E-state index contributed by atoms with van der Waals surface area (Å²) in [6.07, 6.45) is 0.947. The topological polar surface area (TPSA) is 59.6 Å². The van der Waals surface area contributed by atoms with Crippen molar-refractivity contribution in [1.82, 2.24) is 0 Å². The molecule has 102 valence electrons. The number of fused-ring (bicyclic) bond motifs is 1. The largest absolute Gasteiger partial charge is 0.479 e. The highest BCUT2D eigenvalue weighted by molar-refractivity contribution is 5.97. The van der Waals surface area contributed by atoms with Gasteiger partial charge in [-0.3, -0.25) is 4.79 Å². The zero-order valence-corrected chi connectivity index (χ0v) is 11.2. The fourth-order valence-electron chi connectivity index (χ4n) is 2.58. The van der Waals surface area contributed by atoms with Crippen LogP contribution >= 0.6 is 0 Å². The fraction of sp³-hybridized carbons (Fsp3) is 0.500. The molecule has 1 fully saturated rings. The lowest BCUT2D eigenvalue weighted by Crippen LogP contribution is -2.27. The van der Waals surface area contributed by atoms with E-state index in [1.54, 1.807) is 0 Å². The summed E-state index contributed by atoms with van der Waals surface area (Å²) < 4.78 is 11.2. The number of nitrogens with one attached hydrogen (secondary N) is 2. The van der Waals surface area contributed by atoms with Gasteiger partial charge < -0.3 is 20.1 Å². The molecule has 0 radical (unpaired) electrons. The second-order valence-electron chi connectivity index (χ2n) is 5.64. The third-order valence-corrected chi connectivity index (χ3v) is 3.41. The second kappa shape index (κ2) is 4.42. The zero-order valence-electron chi connectivity index (χ0n) is 11.2. The number of carbonyl (C=O) groups excluding carboxylic acids is 1. The van der Waals surface area contributed by atoms with E-state index in [9.17, 15) is 4.79 Å². The zero-order chi connectivity index (χ0) is 13.5. The summed E-state index contributed by atoms with van der Waals surface area (Å²) in [5.41, 5.74) is 1.55. The summed E-state index contributed by atoms with van der Waals surface area (Å²) in [4.78, 5) is 11.3. The number of amides is 1. The van der Waals surface area contributed by atoms with E-state index < -0.39 is 0 Å². The fourth-order valence-corrected chi connectivity index (χ4v) is 2.58. The summed E-state index contributed by atoms with van der Waals surface area (Å²) in [6, 6.07) is 5.97. The van der Waals surface area contributed by atoms with Crippen molar-refractivity contribution in [2.24, 2.45) is 0 Å². The average molecular weight is 262 g/mol. The van der Waals surface area contributed by atoms with Crippen LogP contribution in [0.3, 0.4) is 0 Å². The second-order valence-corrected chi connectivity index (χ2v) is 5.64. The average Bonchev–Trinajstić information content (AvgIpc) is 2.68. The van der Waals surface area contributed by atoms with Gasteiger partial charge in [0.25, 0.3) is 5.91 Å². The molecule has 2 aliphatic rings. The molecule has 19 heavy (non-hydrogen) atoms. The Morgan fingerprint density at radius 2 is 2.26 bits per heavy atom. The van der Waals surface area contributed by atoms with Gasteiger partial charge in [-0.05, 0) is 32.4 Å². The molecule has 1 amide bonds. The van der Waals surface area contributed by atoms with Gasteiger partial charge in [-0.25, -0.2) is 0 Å². The highest BCUT2D eigenvalue weighted by Gasteiger charge is 2.32. The standard InChI is InChI=1S/C14H18N2O3/c1-14(2)6-9(7-19-14)15-10-4-3-5-11-13(10)18-8-12(17)16-11/h3-5,9,15H,6-8H2,1-2H3,(H,16,17). The van der Waals surface area contributed by atoms with Crippen molar-refractivity contribution < 1.29 is 14.3 Å². The maximum absolute atomic E-state index is 11.3. The minimum atomic E-state index is -0.116. The molecule has 0 aromatic heterocycles. The number of hydrogen-bond donors (Lipinski definition) is 2. The van der Waals surface area contributed by atoms with Crippen LogP contribution in [0.15, 0.2) is 18.2 Å². The summed E-state index contributed by atoms with van der Waals surface area (Å²) in [5, 5.41) is 6.24. The van der Waals surface area contributed by atoms with E-state index in [-0.39, 0.29) is 24.2 Å². The quantitative estimate of drug-likeness (QED) is 0.855. The summed E-state index contributed by atoms with van der Waals surface area (Å²) >= 11 is 0. The molecule has 0 aliphatic carbocycles. The first-order valence-electron chi connectivity index (χ1n) is 6.50. The lowest BCUT2D eigenvalue weighted by Gasteiger charge is -2.23. The van der Waals surface area contributed by atoms with E-state index in [1.807, 2.05) is 18.2 Å². The van der Waals surface area contributed by atoms with E-state index >= 15 is 0 Å². The summed E-state index contributed by atoms with van der Waals surface area (Å²) in [6.45, 7) is 4.93. The molecule has 2 N–H and O–H groups in total. The van der Waals surface area contributed by atoms with Crippen LogP contribution in [0.5, 0.6) is 5.75 Å². The molecule has 5 heteroatoms. The Hall–Kier alpha value is -1.75. The maximum atomic E-state index is 11.3. The summed E-state index contributed by atoms with van der Waals surface area (Å²) in [7, 11) is 0. The van der Waals surface area contributed by atoms with E-state index in [0.29, 0.717) is 12.4 Å². The molecule has 0 saturated carbocycles. The molecule has 2 heterocycles. The highest BCUT2D eigenvalue weighted by atomic mass is 16.5. The minimum absolute atomic E-state index is 0.0678. The first-order chi connectivity index (χ1) is 9.03. The molecule has 5 nitrogen and oxygen atoms in total. The van der Waals surface area contributed by atoms with Crippen molar-refractivity contribution in [1.29, 1.82) is 0 Å². The van der Waals surface area contributed by atoms with Gasteiger partial charge in [0.05, 0.1) is 29.6 Å². The Kier molecular flexibility index (Phi) is 2.86. The Morgan fingerprint density at radius 1 is 1.42 bits per heavy atom. The van der Waals surface area contributed by atoms with Gasteiger partial charge in [-0.15, -0.1) is 0 Å². The SMILES string of the molecule is CC1(C)CC(Nc2cccc3c2OCC(=O)N3)CO1. The molecule has 0 bridgehead atoms. The van der Waals surface area contributed by atoms with Crippen molar-refractivity contribution >= 4 is 17.3 Å². The van der Waals surface area contributed by atoms with Crippen molar-refractivity contribution in [3.63, 3.8) is 0 Å². The molecule has 1 aromatic carbocycles. The smallest absolute Gasteiger partial charge is 0.262 e. The number of carbonyl (C=O) groups is 1. The molecular formula is C14H18N2O3. The van der Waals surface area contributed by atoms with Gasteiger partial charge in [0, 0.05) is 0 Å². The third-order valence-electron chi connectivity index (χ3n) is 3.41. The summed E-state index contributed by atoms with van der Waals surface area (Å²) in [5.74, 6) is 0.599. The number of anilines is 2. The molecule has 1 aromatic rings. The van der Waals surface area contributed by atoms with Crippen molar-refractivity contribution in [2.75, 3.05) is 23.8 Å². The third kappa shape index (κ3) is 2.51. The van der Waals surface area contributed by atoms with E-state index in [0.717, 1.165) is 17.8 Å². The first kappa shape index (κ1) is 12.3. The highest BCUT2D eigenvalue weighted by Crippen LogP contribution is 2.37.